The third-order valence-corrected chi connectivity index (χ3v) is 5.27. The summed E-state index contributed by atoms with van der Waals surface area (Å²) in [6, 6.07) is -1.06. The van der Waals surface area contributed by atoms with E-state index in [9.17, 15) is 27.9 Å². The Hall–Kier alpha value is -1.79. The van der Waals surface area contributed by atoms with Crippen LogP contribution in [-0.4, -0.2) is 62.1 Å². The Bertz CT molecular complexity index is 829. The Labute approximate surface area is 206 Å². The van der Waals surface area contributed by atoms with Crippen molar-refractivity contribution in [2.45, 2.75) is 83.4 Å². The molecule has 0 aliphatic heterocycles. The van der Waals surface area contributed by atoms with Crippen molar-refractivity contribution in [1.29, 1.82) is 0 Å². The highest BCUT2D eigenvalue weighted by Crippen LogP contribution is 2.41. The van der Waals surface area contributed by atoms with Crippen molar-refractivity contribution in [3.05, 3.63) is 23.2 Å². The van der Waals surface area contributed by atoms with Crippen LogP contribution in [0.2, 0.25) is 5.15 Å². The zero-order valence-electron chi connectivity index (χ0n) is 20.0. The first-order valence-electron chi connectivity index (χ1n) is 10.4. The van der Waals surface area contributed by atoms with Gasteiger partial charge in [0.25, 0.3) is 0 Å². The number of rotatable bonds is 9. The molecule has 2 atom stereocenters. The SMILES string of the molecule is CC(C)(C)OC(=O)N[C@@H](CCSCCC(O)(c1cnc(Cl)cn1)C(F)(F)F)C(=O)OC(C)(C)C. The van der Waals surface area contributed by atoms with Gasteiger partial charge in [-0.25, -0.2) is 14.6 Å². The monoisotopic (exact) mass is 529 g/mol. The minimum atomic E-state index is -4.99. The minimum Gasteiger partial charge on any atom is -0.458 e. The third-order valence-electron chi connectivity index (χ3n) is 4.05. The highest BCUT2D eigenvalue weighted by molar-refractivity contribution is 7.99. The van der Waals surface area contributed by atoms with Crippen molar-refractivity contribution in [3.8, 4) is 0 Å². The summed E-state index contributed by atoms with van der Waals surface area (Å²) in [5.74, 6) is -0.615. The molecular weight excluding hydrogens is 499 g/mol. The van der Waals surface area contributed by atoms with Gasteiger partial charge in [-0.15, -0.1) is 0 Å². The molecule has 1 unspecified atom stereocenters. The van der Waals surface area contributed by atoms with E-state index < -0.39 is 53.2 Å². The second-order valence-electron chi connectivity index (χ2n) is 9.47. The first kappa shape index (κ1) is 30.2. The quantitative estimate of drug-likeness (QED) is 0.352. The van der Waals surface area contributed by atoms with Crippen LogP contribution in [0.3, 0.4) is 0 Å². The summed E-state index contributed by atoms with van der Waals surface area (Å²) < 4.78 is 51.3. The van der Waals surface area contributed by atoms with Crippen LogP contribution in [0.15, 0.2) is 12.4 Å². The molecule has 0 aliphatic rings. The minimum absolute atomic E-state index is 0.0734. The molecule has 0 bridgehead atoms. The zero-order chi connectivity index (χ0) is 26.4. The highest BCUT2D eigenvalue weighted by Gasteiger charge is 2.55. The highest BCUT2D eigenvalue weighted by atomic mass is 35.5. The van der Waals surface area contributed by atoms with Gasteiger partial charge in [0.1, 0.15) is 22.4 Å². The summed E-state index contributed by atoms with van der Waals surface area (Å²) in [4.78, 5) is 31.8. The number of carbonyl (C=O) groups is 2. The molecule has 8 nitrogen and oxygen atoms in total. The first-order chi connectivity index (χ1) is 15.3. The Balaban J connectivity index is 2.78. The molecule has 194 valence electrons. The lowest BCUT2D eigenvalue weighted by Gasteiger charge is -2.29. The fourth-order valence-electron chi connectivity index (χ4n) is 2.54. The van der Waals surface area contributed by atoms with Gasteiger partial charge in [-0.3, -0.25) is 4.98 Å². The van der Waals surface area contributed by atoms with Crippen molar-refractivity contribution >= 4 is 35.4 Å². The van der Waals surface area contributed by atoms with E-state index in [1.54, 1.807) is 41.5 Å². The van der Waals surface area contributed by atoms with Crippen molar-refractivity contribution in [1.82, 2.24) is 15.3 Å². The summed E-state index contributed by atoms with van der Waals surface area (Å²) in [5.41, 5.74) is -5.47. The number of ether oxygens (including phenoxy) is 2. The van der Waals surface area contributed by atoms with Gasteiger partial charge in [-0.1, -0.05) is 11.6 Å². The van der Waals surface area contributed by atoms with E-state index in [4.69, 9.17) is 21.1 Å². The summed E-state index contributed by atoms with van der Waals surface area (Å²) in [7, 11) is 0. The van der Waals surface area contributed by atoms with E-state index in [1.807, 2.05) is 0 Å². The Kier molecular flexibility index (Phi) is 10.5. The largest absolute Gasteiger partial charge is 0.458 e. The molecule has 34 heavy (non-hydrogen) atoms. The van der Waals surface area contributed by atoms with Gasteiger partial charge < -0.3 is 19.9 Å². The summed E-state index contributed by atoms with van der Waals surface area (Å²) >= 11 is 6.63. The number of alkyl carbamates (subject to hydrolysis) is 1. The van der Waals surface area contributed by atoms with Crippen molar-refractivity contribution in [3.63, 3.8) is 0 Å². The van der Waals surface area contributed by atoms with Gasteiger partial charge >= 0.3 is 18.2 Å². The molecule has 0 aliphatic carbocycles. The van der Waals surface area contributed by atoms with Crippen molar-refractivity contribution in [2.24, 2.45) is 0 Å². The number of carbonyl (C=O) groups excluding carboxylic acids is 2. The van der Waals surface area contributed by atoms with E-state index in [0.717, 1.165) is 24.2 Å². The van der Waals surface area contributed by atoms with Gasteiger partial charge in [-0.05, 0) is 65.9 Å². The van der Waals surface area contributed by atoms with E-state index in [1.165, 1.54) is 0 Å². The number of hydrogen-bond acceptors (Lipinski definition) is 8. The van der Waals surface area contributed by atoms with Gasteiger partial charge in [0, 0.05) is 0 Å². The normalized spacial score (nSPS) is 15.3. The fraction of sp³-hybridized carbons (Fsp3) is 0.714. The van der Waals surface area contributed by atoms with E-state index in [-0.39, 0.29) is 23.1 Å². The van der Waals surface area contributed by atoms with Crippen LogP contribution in [0.1, 0.15) is 60.1 Å². The maximum absolute atomic E-state index is 13.6. The Morgan fingerprint density at radius 1 is 1.06 bits per heavy atom. The second kappa shape index (κ2) is 11.8. The molecule has 0 aromatic carbocycles. The average Bonchev–Trinajstić information content (AvgIpc) is 2.63. The van der Waals surface area contributed by atoms with Crippen LogP contribution < -0.4 is 5.32 Å². The molecule has 1 aromatic heterocycles. The number of nitrogens with zero attached hydrogens (tertiary/aromatic N) is 2. The van der Waals surface area contributed by atoms with E-state index in [0.29, 0.717) is 0 Å². The maximum atomic E-state index is 13.6. The molecule has 1 heterocycles. The first-order valence-corrected chi connectivity index (χ1v) is 11.9. The van der Waals surface area contributed by atoms with Crippen LogP contribution in [-0.2, 0) is 19.9 Å². The number of nitrogens with one attached hydrogen (secondary N) is 1. The summed E-state index contributed by atoms with van der Waals surface area (Å²) in [6.45, 7) is 10.00. The van der Waals surface area contributed by atoms with E-state index >= 15 is 0 Å². The number of halogens is 4. The fourth-order valence-corrected chi connectivity index (χ4v) is 3.68. The second-order valence-corrected chi connectivity index (χ2v) is 11.1. The lowest BCUT2D eigenvalue weighted by Crippen LogP contribution is -2.46. The van der Waals surface area contributed by atoms with Gasteiger partial charge in [-0.2, -0.15) is 24.9 Å². The van der Waals surface area contributed by atoms with Crippen LogP contribution in [0.5, 0.6) is 0 Å². The molecule has 0 fully saturated rings. The maximum Gasteiger partial charge on any atom is 0.423 e. The lowest BCUT2D eigenvalue weighted by molar-refractivity contribution is -0.268. The van der Waals surface area contributed by atoms with Crippen molar-refractivity contribution < 1.29 is 37.3 Å². The number of thioether (sulfide) groups is 1. The molecule has 0 spiro atoms. The summed E-state index contributed by atoms with van der Waals surface area (Å²) in [5, 5.41) is 12.7. The van der Waals surface area contributed by atoms with Gasteiger partial charge in [0.15, 0.2) is 0 Å². The van der Waals surface area contributed by atoms with E-state index in [2.05, 4.69) is 15.3 Å². The smallest absolute Gasteiger partial charge is 0.423 e. The number of hydrogen-bond donors (Lipinski definition) is 2. The summed E-state index contributed by atoms with van der Waals surface area (Å²) in [6.07, 6.45) is -4.73. The number of aliphatic hydroxyl groups is 1. The van der Waals surface area contributed by atoms with Crippen molar-refractivity contribution in [2.75, 3.05) is 11.5 Å². The molecule has 0 saturated carbocycles. The van der Waals surface area contributed by atoms with Crippen LogP contribution >= 0.6 is 23.4 Å². The molecular formula is C21H31ClF3N3O5S. The molecule has 13 heteroatoms. The number of alkyl halides is 3. The number of esters is 1. The van der Waals surface area contributed by atoms with Gasteiger partial charge in [0.2, 0.25) is 5.60 Å². The van der Waals surface area contributed by atoms with Crippen LogP contribution in [0, 0.1) is 0 Å². The predicted molar refractivity (Wildman–Crippen MR) is 123 cm³/mol. The third kappa shape index (κ3) is 10.2. The lowest BCUT2D eigenvalue weighted by atomic mass is 9.96. The predicted octanol–water partition coefficient (Wildman–Crippen LogP) is 4.63. The average molecular weight is 530 g/mol. The molecule has 0 radical (unpaired) electrons. The van der Waals surface area contributed by atoms with Crippen LogP contribution in [0.4, 0.5) is 18.0 Å². The zero-order valence-corrected chi connectivity index (χ0v) is 21.5. The van der Waals surface area contributed by atoms with Crippen LogP contribution in [0.25, 0.3) is 0 Å². The molecule has 0 saturated heterocycles. The Morgan fingerprint density at radius 2 is 1.65 bits per heavy atom. The molecule has 1 amide bonds. The topological polar surface area (TPSA) is 111 Å². The van der Waals surface area contributed by atoms with Gasteiger partial charge in [0.05, 0.1) is 18.1 Å². The molecule has 1 rings (SSSR count). The number of amides is 1. The number of aromatic nitrogens is 2. The molecule has 2 N–H and O–H groups in total. The Morgan fingerprint density at radius 3 is 2.12 bits per heavy atom. The molecule has 1 aromatic rings. The standard InChI is InChI=1S/C21H31ClF3N3O5S/c1-18(2,3)32-16(29)13(28-17(30)33-19(4,5)6)7-9-34-10-8-20(31,21(23,24)25)14-11-27-15(22)12-26-14/h11-13,31H,7-10H2,1-6H3,(H,28,30)/t13-,20?/m0/s1.